The summed E-state index contributed by atoms with van der Waals surface area (Å²) in [7, 11) is 2.83. The Morgan fingerprint density at radius 2 is 1.52 bits per heavy atom. The largest absolute Gasteiger partial charge is 0.496 e. The molecule has 8 heteroatoms. The third kappa shape index (κ3) is 4.75. The Bertz CT molecular complexity index is 826. The van der Waals surface area contributed by atoms with Gasteiger partial charge in [-0.15, -0.1) is 0 Å². The molecule has 0 aliphatic rings. The fraction of sp³-hybridized carbons (Fsp3) is 0.211. The number of carbonyl (C=O) groups excluding carboxylic acids is 3. The highest BCUT2D eigenvalue weighted by Crippen LogP contribution is 2.29. The van der Waals surface area contributed by atoms with Crippen molar-refractivity contribution in [2.75, 3.05) is 19.5 Å². The fourth-order valence-corrected chi connectivity index (χ4v) is 2.29. The van der Waals surface area contributed by atoms with E-state index in [-0.39, 0.29) is 17.1 Å². The molecule has 2 amide bonds. The number of nitrogens with one attached hydrogen (secondary N) is 1. The van der Waals surface area contributed by atoms with Crippen molar-refractivity contribution in [2.45, 2.75) is 13.0 Å². The molecule has 2 aromatic carbocycles. The predicted molar refractivity (Wildman–Crippen MR) is 98.0 cm³/mol. The van der Waals surface area contributed by atoms with Crippen molar-refractivity contribution >= 4 is 23.5 Å². The number of benzene rings is 2. The van der Waals surface area contributed by atoms with Crippen molar-refractivity contribution in [3.8, 4) is 11.5 Å². The number of hydrogen-bond donors (Lipinski definition) is 2. The summed E-state index contributed by atoms with van der Waals surface area (Å²) in [6, 6.07) is 10.9. The second-order valence-corrected chi connectivity index (χ2v) is 5.52. The predicted octanol–water partition coefficient (Wildman–Crippen LogP) is 1.99. The Kier molecular flexibility index (Phi) is 6.37. The molecular weight excluding hydrogens is 352 g/mol. The summed E-state index contributed by atoms with van der Waals surface area (Å²) in [5, 5.41) is 2.59. The number of amides is 2. The molecule has 0 radical (unpaired) electrons. The third-order valence-corrected chi connectivity index (χ3v) is 3.72. The van der Waals surface area contributed by atoms with Crippen LogP contribution in [0.1, 0.15) is 27.6 Å². The van der Waals surface area contributed by atoms with E-state index >= 15 is 0 Å². The van der Waals surface area contributed by atoms with Gasteiger partial charge in [-0.25, -0.2) is 4.79 Å². The Hall–Kier alpha value is -3.55. The van der Waals surface area contributed by atoms with Crippen molar-refractivity contribution in [2.24, 2.45) is 5.73 Å². The second kappa shape index (κ2) is 8.70. The number of esters is 1. The van der Waals surface area contributed by atoms with E-state index in [2.05, 4.69) is 5.32 Å². The number of ether oxygens (including phenoxy) is 3. The first-order valence-electron chi connectivity index (χ1n) is 8.00. The Morgan fingerprint density at radius 1 is 0.963 bits per heavy atom. The molecule has 0 saturated carbocycles. The number of carbonyl (C=O) groups is 3. The van der Waals surface area contributed by atoms with E-state index in [9.17, 15) is 14.4 Å². The SMILES string of the molecule is COc1cccc(OC)c1C(=O)O[C@H](C)C(=O)Nc1ccc(C(N)=O)cc1. The molecule has 0 aliphatic heterocycles. The molecule has 8 nitrogen and oxygen atoms in total. The first-order valence-corrected chi connectivity index (χ1v) is 8.00. The molecule has 2 aromatic rings. The van der Waals surface area contributed by atoms with Crippen LogP contribution in [-0.4, -0.2) is 38.1 Å². The quantitative estimate of drug-likeness (QED) is 0.718. The van der Waals surface area contributed by atoms with Crippen LogP contribution in [-0.2, 0) is 9.53 Å². The van der Waals surface area contributed by atoms with Crippen LogP contribution in [0, 0.1) is 0 Å². The zero-order valence-corrected chi connectivity index (χ0v) is 15.1. The van der Waals surface area contributed by atoms with Crippen LogP contribution >= 0.6 is 0 Å². The average molecular weight is 372 g/mol. The van der Waals surface area contributed by atoms with Crippen LogP contribution in [0.4, 0.5) is 5.69 Å². The molecule has 0 unspecified atom stereocenters. The first-order chi connectivity index (χ1) is 12.9. The van der Waals surface area contributed by atoms with Gasteiger partial charge in [0, 0.05) is 11.3 Å². The molecule has 3 N–H and O–H groups in total. The summed E-state index contributed by atoms with van der Waals surface area (Å²) >= 11 is 0. The molecule has 0 heterocycles. The van der Waals surface area contributed by atoms with Crippen molar-refractivity contribution in [3.63, 3.8) is 0 Å². The van der Waals surface area contributed by atoms with Crippen LogP contribution in [0.3, 0.4) is 0 Å². The highest BCUT2D eigenvalue weighted by atomic mass is 16.6. The number of primary amides is 1. The van der Waals surface area contributed by atoms with E-state index in [4.69, 9.17) is 19.9 Å². The summed E-state index contributed by atoms with van der Waals surface area (Å²) in [4.78, 5) is 35.8. The van der Waals surface area contributed by atoms with E-state index in [0.29, 0.717) is 11.3 Å². The summed E-state index contributed by atoms with van der Waals surface area (Å²) in [5.74, 6) is -1.32. The van der Waals surface area contributed by atoms with E-state index in [1.807, 2.05) is 0 Å². The Morgan fingerprint density at radius 3 is 2.00 bits per heavy atom. The molecule has 0 spiro atoms. The van der Waals surface area contributed by atoms with Gasteiger partial charge in [0.1, 0.15) is 17.1 Å². The average Bonchev–Trinajstić information content (AvgIpc) is 2.67. The van der Waals surface area contributed by atoms with Crippen LogP contribution in [0.2, 0.25) is 0 Å². The molecule has 0 bridgehead atoms. The molecule has 27 heavy (non-hydrogen) atoms. The Balaban J connectivity index is 2.08. The lowest BCUT2D eigenvalue weighted by Gasteiger charge is -2.16. The highest BCUT2D eigenvalue weighted by molar-refractivity contribution is 6.00. The fourth-order valence-electron chi connectivity index (χ4n) is 2.29. The summed E-state index contributed by atoms with van der Waals surface area (Å²) in [6.45, 7) is 1.44. The van der Waals surface area contributed by atoms with E-state index in [1.54, 1.807) is 18.2 Å². The lowest BCUT2D eigenvalue weighted by molar-refractivity contribution is -0.123. The smallest absolute Gasteiger partial charge is 0.346 e. The number of anilines is 1. The van der Waals surface area contributed by atoms with Crippen LogP contribution < -0.4 is 20.5 Å². The van der Waals surface area contributed by atoms with E-state index < -0.39 is 23.9 Å². The maximum absolute atomic E-state index is 12.5. The lowest BCUT2D eigenvalue weighted by atomic mass is 10.1. The minimum Gasteiger partial charge on any atom is -0.496 e. The monoisotopic (exact) mass is 372 g/mol. The second-order valence-electron chi connectivity index (χ2n) is 5.52. The van der Waals surface area contributed by atoms with Gasteiger partial charge in [0.15, 0.2) is 6.10 Å². The highest BCUT2D eigenvalue weighted by Gasteiger charge is 2.24. The topological polar surface area (TPSA) is 117 Å². The maximum atomic E-state index is 12.5. The normalized spacial score (nSPS) is 11.2. The number of methoxy groups -OCH3 is 2. The maximum Gasteiger partial charge on any atom is 0.346 e. The molecule has 142 valence electrons. The molecule has 0 saturated heterocycles. The molecule has 0 fully saturated rings. The van der Waals surface area contributed by atoms with Crippen LogP contribution in [0.25, 0.3) is 0 Å². The number of nitrogens with two attached hydrogens (primary N) is 1. The van der Waals surface area contributed by atoms with Gasteiger partial charge in [-0.3, -0.25) is 9.59 Å². The van der Waals surface area contributed by atoms with Gasteiger partial charge in [0.05, 0.1) is 14.2 Å². The Labute approximate surface area is 156 Å². The van der Waals surface area contributed by atoms with Gasteiger partial charge in [0.25, 0.3) is 5.91 Å². The molecule has 2 rings (SSSR count). The van der Waals surface area contributed by atoms with E-state index in [0.717, 1.165) is 0 Å². The minimum absolute atomic E-state index is 0.0907. The van der Waals surface area contributed by atoms with Gasteiger partial charge in [-0.05, 0) is 43.3 Å². The van der Waals surface area contributed by atoms with Gasteiger partial charge in [-0.2, -0.15) is 0 Å². The zero-order valence-electron chi connectivity index (χ0n) is 15.1. The number of hydrogen-bond acceptors (Lipinski definition) is 6. The van der Waals surface area contributed by atoms with Crippen molar-refractivity contribution in [1.29, 1.82) is 0 Å². The van der Waals surface area contributed by atoms with Gasteiger partial charge < -0.3 is 25.3 Å². The van der Waals surface area contributed by atoms with Gasteiger partial charge in [-0.1, -0.05) is 6.07 Å². The molecule has 1 atom stereocenters. The lowest BCUT2D eigenvalue weighted by Crippen LogP contribution is -2.30. The summed E-state index contributed by atoms with van der Waals surface area (Å²) in [6.07, 6.45) is -1.08. The minimum atomic E-state index is -1.08. The summed E-state index contributed by atoms with van der Waals surface area (Å²) < 4.78 is 15.5. The first kappa shape index (κ1) is 19.8. The van der Waals surface area contributed by atoms with Gasteiger partial charge in [0.2, 0.25) is 5.91 Å². The van der Waals surface area contributed by atoms with Crippen molar-refractivity contribution < 1.29 is 28.6 Å². The molecular formula is C19H20N2O6. The van der Waals surface area contributed by atoms with E-state index in [1.165, 1.54) is 45.4 Å². The van der Waals surface area contributed by atoms with Crippen molar-refractivity contribution in [3.05, 3.63) is 53.6 Å². The van der Waals surface area contributed by atoms with Gasteiger partial charge >= 0.3 is 5.97 Å². The standard InChI is InChI=1S/C19H20N2O6/c1-11(18(23)21-13-9-7-12(8-10-13)17(20)22)27-19(24)16-14(25-2)5-4-6-15(16)26-3/h4-11H,1-3H3,(H2,20,22)(H,21,23)/t11-/m1/s1. The molecule has 0 aromatic heterocycles. The van der Waals surface area contributed by atoms with Crippen LogP contribution in [0.15, 0.2) is 42.5 Å². The number of rotatable bonds is 7. The molecule has 0 aliphatic carbocycles. The third-order valence-electron chi connectivity index (χ3n) is 3.72. The zero-order chi connectivity index (χ0) is 20.0. The summed E-state index contributed by atoms with van der Waals surface area (Å²) in [5.41, 5.74) is 6.01. The van der Waals surface area contributed by atoms with Crippen molar-refractivity contribution in [1.82, 2.24) is 0 Å². The van der Waals surface area contributed by atoms with Crippen LogP contribution in [0.5, 0.6) is 11.5 Å².